The standard InChI is InChI=1S/C12H18FNO4S2/c1-4-14(9-10(2)3)20(17,18)12-7-5-6-11(8-12)19(13,15)16/h5-8,10H,4,9H2,1-3H3. The molecule has 0 aliphatic heterocycles. The second kappa shape index (κ2) is 6.19. The van der Waals surface area contributed by atoms with Crippen molar-refractivity contribution in [3.05, 3.63) is 24.3 Å². The number of hydrogen-bond acceptors (Lipinski definition) is 4. The largest absolute Gasteiger partial charge is 0.332 e. The van der Waals surface area contributed by atoms with Crippen molar-refractivity contribution in [3.63, 3.8) is 0 Å². The molecule has 0 amide bonds. The fourth-order valence-electron chi connectivity index (χ4n) is 1.74. The zero-order valence-electron chi connectivity index (χ0n) is 11.6. The maximum atomic E-state index is 12.9. The highest BCUT2D eigenvalue weighted by molar-refractivity contribution is 7.89. The highest BCUT2D eigenvalue weighted by Gasteiger charge is 2.25. The van der Waals surface area contributed by atoms with Gasteiger partial charge in [-0.25, -0.2) is 8.42 Å². The van der Waals surface area contributed by atoms with Crippen LogP contribution in [0, 0.1) is 5.92 Å². The Bertz CT molecular complexity index is 668. The van der Waals surface area contributed by atoms with Crippen LogP contribution in [-0.4, -0.2) is 34.2 Å². The number of sulfonamides is 1. The number of hydrogen-bond donors (Lipinski definition) is 0. The van der Waals surface area contributed by atoms with Crippen LogP contribution < -0.4 is 0 Å². The molecule has 5 nitrogen and oxygen atoms in total. The lowest BCUT2D eigenvalue weighted by molar-refractivity contribution is 0.381. The third-order valence-electron chi connectivity index (χ3n) is 2.65. The quantitative estimate of drug-likeness (QED) is 0.751. The van der Waals surface area contributed by atoms with Gasteiger partial charge >= 0.3 is 10.2 Å². The van der Waals surface area contributed by atoms with E-state index in [0.717, 1.165) is 12.1 Å². The van der Waals surface area contributed by atoms with Crippen LogP contribution >= 0.6 is 0 Å². The van der Waals surface area contributed by atoms with Gasteiger partial charge in [0, 0.05) is 13.1 Å². The predicted octanol–water partition coefficient (Wildman–Crippen LogP) is 2.01. The summed E-state index contributed by atoms with van der Waals surface area (Å²) >= 11 is 0. The zero-order valence-corrected chi connectivity index (χ0v) is 13.2. The van der Waals surface area contributed by atoms with Crippen molar-refractivity contribution in [3.8, 4) is 0 Å². The fraction of sp³-hybridized carbons (Fsp3) is 0.500. The van der Waals surface area contributed by atoms with E-state index in [-0.39, 0.29) is 17.4 Å². The van der Waals surface area contributed by atoms with Crippen molar-refractivity contribution in [2.24, 2.45) is 5.92 Å². The molecule has 1 aromatic rings. The Morgan fingerprint density at radius 2 is 1.70 bits per heavy atom. The maximum Gasteiger partial charge on any atom is 0.332 e. The van der Waals surface area contributed by atoms with E-state index in [9.17, 15) is 20.7 Å². The third-order valence-corrected chi connectivity index (χ3v) is 5.40. The second-order valence-corrected chi connectivity index (χ2v) is 8.05. The van der Waals surface area contributed by atoms with Gasteiger partial charge in [0.05, 0.1) is 9.79 Å². The lowest BCUT2D eigenvalue weighted by Gasteiger charge is -2.22. The highest BCUT2D eigenvalue weighted by Crippen LogP contribution is 2.21. The topological polar surface area (TPSA) is 71.5 Å². The summed E-state index contributed by atoms with van der Waals surface area (Å²) in [5, 5.41) is 0. The molecule has 0 N–H and O–H groups in total. The molecule has 0 aliphatic carbocycles. The minimum absolute atomic E-state index is 0.123. The monoisotopic (exact) mass is 323 g/mol. The van der Waals surface area contributed by atoms with Crippen molar-refractivity contribution >= 4 is 20.2 Å². The summed E-state index contributed by atoms with van der Waals surface area (Å²) in [6, 6.07) is 4.33. The lowest BCUT2D eigenvalue weighted by Crippen LogP contribution is -2.34. The van der Waals surface area contributed by atoms with Gasteiger partial charge in [0.2, 0.25) is 10.0 Å². The van der Waals surface area contributed by atoms with Crippen LogP contribution in [0.1, 0.15) is 20.8 Å². The zero-order chi connectivity index (χ0) is 15.6. The number of halogens is 1. The molecule has 0 aromatic heterocycles. The van der Waals surface area contributed by atoms with E-state index in [2.05, 4.69) is 0 Å². The van der Waals surface area contributed by atoms with E-state index < -0.39 is 25.1 Å². The van der Waals surface area contributed by atoms with E-state index in [4.69, 9.17) is 0 Å². The van der Waals surface area contributed by atoms with Crippen LogP contribution in [0.25, 0.3) is 0 Å². The SMILES string of the molecule is CCN(CC(C)C)S(=O)(=O)c1cccc(S(=O)(=O)F)c1. The molecule has 0 bridgehead atoms. The Balaban J connectivity index is 3.28. The second-order valence-electron chi connectivity index (χ2n) is 4.76. The normalized spacial score (nSPS) is 13.1. The molecule has 0 unspecified atom stereocenters. The van der Waals surface area contributed by atoms with Gasteiger partial charge in [-0.3, -0.25) is 0 Å². The van der Waals surface area contributed by atoms with Gasteiger partial charge in [-0.05, 0) is 24.1 Å². The van der Waals surface area contributed by atoms with Crippen molar-refractivity contribution in [1.29, 1.82) is 0 Å². The van der Waals surface area contributed by atoms with Crippen molar-refractivity contribution in [1.82, 2.24) is 4.31 Å². The van der Waals surface area contributed by atoms with E-state index >= 15 is 0 Å². The first-order chi connectivity index (χ1) is 9.09. The lowest BCUT2D eigenvalue weighted by atomic mass is 10.2. The van der Waals surface area contributed by atoms with E-state index in [0.29, 0.717) is 6.54 Å². The fourth-order valence-corrected chi connectivity index (χ4v) is 3.98. The molecule has 114 valence electrons. The Morgan fingerprint density at radius 1 is 1.15 bits per heavy atom. The predicted molar refractivity (Wildman–Crippen MR) is 74.0 cm³/mol. The van der Waals surface area contributed by atoms with Crippen LogP contribution in [0.2, 0.25) is 0 Å². The van der Waals surface area contributed by atoms with Gasteiger partial charge in [0.1, 0.15) is 0 Å². The molecular formula is C12H18FNO4S2. The molecule has 0 atom stereocenters. The molecule has 8 heteroatoms. The molecule has 0 aliphatic rings. The Kier molecular flexibility index (Phi) is 5.28. The number of rotatable bonds is 6. The van der Waals surface area contributed by atoms with E-state index in [1.54, 1.807) is 6.92 Å². The summed E-state index contributed by atoms with van der Waals surface area (Å²) in [5.41, 5.74) is 0. The maximum absolute atomic E-state index is 12.9. The van der Waals surface area contributed by atoms with Gasteiger partial charge < -0.3 is 0 Å². The number of benzene rings is 1. The van der Waals surface area contributed by atoms with Gasteiger partial charge in [0.15, 0.2) is 0 Å². The van der Waals surface area contributed by atoms with Crippen LogP contribution in [0.3, 0.4) is 0 Å². The molecule has 1 rings (SSSR count). The first-order valence-corrected chi connectivity index (χ1v) is 8.96. The van der Waals surface area contributed by atoms with Gasteiger partial charge in [0.25, 0.3) is 0 Å². The molecular weight excluding hydrogens is 305 g/mol. The van der Waals surface area contributed by atoms with Crippen LogP contribution in [0.15, 0.2) is 34.1 Å². The summed E-state index contributed by atoms with van der Waals surface area (Å²) in [7, 11) is -8.75. The summed E-state index contributed by atoms with van der Waals surface area (Å²) in [6.45, 7) is 6.01. The Labute approximate surface area is 119 Å². The summed E-state index contributed by atoms with van der Waals surface area (Å²) in [5.74, 6) is 0.123. The third kappa shape index (κ3) is 4.00. The smallest absolute Gasteiger partial charge is 0.207 e. The molecule has 0 saturated carbocycles. The van der Waals surface area contributed by atoms with Crippen molar-refractivity contribution in [2.45, 2.75) is 30.6 Å². The van der Waals surface area contributed by atoms with Gasteiger partial charge in [-0.15, -0.1) is 3.89 Å². The first kappa shape index (κ1) is 17.1. The van der Waals surface area contributed by atoms with Crippen LogP contribution in [0.4, 0.5) is 3.89 Å². The summed E-state index contributed by atoms with van der Waals surface area (Å²) in [6.07, 6.45) is 0. The average Bonchev–Trinajstić information content (AvgIpc) is 2.34. The first-order valence-electron chi connectivity index (χ1n) is 6.14. The summed E-state index contributed by atoms with van der Waals surface area (Å²) < 4.78 is 60.7. The molecule has 0 heterocycles. The minimum Gasteiger partial charge on any atom is -0.207 e. The molecule has 0 saturated heterocycles. The minimum atomic E-state index is -4.92. The Hall–Kier alpha value is -0.990. The highest BCUT2D eigenvalue weighted by atomic mass is 32.3. The molecule has 0 spiro atoms. The molecule has 1 aromatic carbocycles. The van der Waals surface area contributed by atoms with Crippen molar-refractivity contribution in [2.75, 3.05) is 13.1 Å². The summed E-state index contributed by atoms with van der Waals surface area (Å²) in [4.78, 5) is -0.877. The Morgan fingerprint density at radius 3 is 2.15 bits per heavy atom. The van der Waals surface area contributed by atoms with Crippen molar-refractivity contribution < 1.29 is 20.7 Å². The number of nitrogens with zero attached hydrogens (tertiary/aromatic N) is 1. The average molecular weight is 323 g/mol. The van der Waals surface area contributed by atoms with Gasteiger partial charge in [-0.1, -0.05) is 26.8 Å². The van der Waals surface area contributed by atoms with Gasteiger partial charge in [-0.2, -0.15) is 12.7 Å². The van der Waals surface area contributed by atoms with Crippen LogP contribution in [0.5, 0.6) is 0 Å². The van der Waals surface area contributed by atoms with Crippen LogP contribution in [-0.2, 0) is 20.2 Å². The van der Waals surface area contributed by atoms with E-state index in [1.807, 2.05) is 13.8 Å². The van der Waals surface area contributed by atoms with E-state index in [1.165, 1.54) is 16.4 Å². The molecule has 0 radical (unpaired) electrons. The molecule has 0 fully saturated rings. The molecule has 20 heavy (non-hydrogen) atoms.